The Bertz CT molecular complexity index is 519. The van der Waals surface area contributed by atoms with Crippen LogP contribution in [0.3, 0.4) is 0 Å². The summed E-state index contributed by atoms with van der Waals surface area (Å²) in [6.07, 6.45) is 7.46. The predicted molar refractivity (Wildman–Crippen MR) is 89.5 cm³/mol. The molecule has 0 fully saturated rings. The third-order valence-corrected chi connectivity index (χ3v) is 4.15. The molecule has 0 aliphatic heterocycles. The van der Waals surface area contributed by atoms with Crippen LogP contribution in [0.5, 0.6) is 0 Å². The van der Waals surface area contributed by atoms with Gasteiger partial charge in [0.25, 0.3) is 0 Å². The van der Waals surface area contributed by atoms with Crippen LogP contribution in [0, 0.1) is 5.92 Å². The van der Waals surface area contributed by atoms with Crippen LogP contribution in [0.1, 0.15) is 45.6 Å². The second kappa shape index (κ2) is 7.87. The Balaban J connectivity index is 2.08. The summed E-state index contributed by atoms with van der Waals surface area (Å²) < 4.78 is 1.97. The van der Waals surface area contributed by atoms with Crippen LogP contribution in [0.25, 0.3) is 0 Å². The van der Waals surface area contributed by atoms with Gasteiger partial charge in [-0.1, -0.05) is 45.4 Å². The first-order valence-corrected chi connectivity index (χ1v) is 8.04. The van der Waals surface area contributed by atoms with Gasteiger partial charge in [0.15, 0.2) is 0 Å². The van der Waals surface area contributed by atoms with E-state index < -0.39 is 0 Å². The summed E-state index contributed by atoms with van der Waals surface area (Å²) >= 11 is 0. The number of nitrogens with one attached hydrogen (secondary N) is 1. The third-order valence-electron chi connectivity index (χ3n) is 4.15. The first-order valence-electron chi connectivity index (χ1n) is 8.04. The number of para-hydroxylation sites is 1. The van der Waals surface area contributed by atoms with E-state index in [2.05, 4.69) is 55.5 Å². The van der Waals surface area contributed by atoms with Crippen molar-refractivity contribution in [1.29, 1.82) is 0 Å². The number of hydrogen-bond donors (Lipinski definition) is 1. The van der Waals surface area contributed by atoms with E-state index in [4.69, 9.17) is 0 Å². The summed E-state index contributed by atoms with van der Waals surface area (Å²) in [6, 6.07) is 11.1. The van der Waals surface area contributed by atoms with Crippen molar-refractivity contribution < 1.29 is 0 Å². The Kier molecular flexibility index (Phi) is 5.85. The molecule has 2 rings (SSSR count). The van der Waals surface area contributed by atoms with Crippen LogP contribution in [-0.4, -0.2) is 15.8 Å². The molecule has 0 saturated heterocycles. The molecule has 0 radical (unpaired) electrons. The van der Waals surface area contributed by atoms with Crippen molar-refractivity contribution in [3.8, 4) is 0 Å². The third kappa shape index (κ3) is 4.62. The van der Waals surface area contributed by atoms with Gasteiger partial charge in [-0.2, -0.15) is 5.10 Å². The minimum atomic E-state index is 0.540. The molecule has 0 amide bonds. The van der Waals surface area contributed by atoms with Gasteiger partial charge in [0.05, 0.1) is 6.54 Å². The molecule has 1 heterocycles. The molecule has 0 aliphatic rings. The smallest absolute Gasteiger partial charge is 0.0679 e. The molecule has 2 atom stereocenters. The fraction of sp³-hybridized carbons (Fsp3) is 0.500. The van der Waals surface area contributed by atoms with Crippen LogP contribution in [0.15, 0.2) is 42.7 Å². The lowest BCUT2D eigenvalue weighted by Gasteiger charge is -2.23. The van der Waals surface area contributed by atoms with Crippen molar-refractivity contribution in [2.75, 3.05) is 5.32 Å². The van der Waals surface area contributed by atoms with Gasteiger partial charge in [-0.05, 0) is 36.5 Å². The van der Waals surface area contributed by atoms with Crippen LogP contribution in [0.4, 0.5) is 5.69 Å². The Morgan fingerprint density at radius 3 is 2.62 bits per heavy atom. The van der Waals surface area contributed by atoms with Crippen molar-refractivity contribution in [2.45, 2.75) is 52.6 Å². The van der Waals surface area contributed by atoms with E-state index in [1.807, 2.05) is 23.1 Å². The minimum Gasteiger partial charge on any atom is -0.382 e. The largest absolute Gasteiger partial charge is 0.382 e. The maximum absolute atomic E-state index is 4.30. The Morgan fingerprint density at radius 2 is 1.95 bits per heavy atom. The molecule has 1 N–H and O–H groups in total. The summed E-state index contributed by atoms with van der Waals surface area (Å²) in [7, 11) is 0. The normalized spacial score (nSPS) is 13.9. The molecule has 21 heavy (non-hydrogen) atoms. The zero-order valence-electron chi connectivity index (χ0n) is 13.4. The number of hydrogen-bond acceptors (Lipinski definition) is 2. The van der Waals surface area contributed by atoms with Crippen LogP contribution >= 0.6 is 0 Å². The Hall–Kier alpha value is -1.77. The van der Waals surface area contributed by atoms with Crippen LogP contribution < -0.4 is 5.32 Å². The standard InChI is InChI=1S/C18H27N3/c1-4-15(3)13-17(5-2)20-18-10-7-6-9-16(18)14-21-12-8-11-19-21/h6-12,15,17,20H,4-5,13-14H2,1-3H3. The molecule has 0 aliphatic carbocycles. The molecule has 2 aromatic rings. The van der Waals surface area contributed by atoms with E-state index in [0.717, 1.165) is 18.9 Å². The molecule has 1 aromatic carbocycles. The van der Waals surface area contributed by atoms with Crippen molar-refractivity contribution >= 4 is 5.69 Å². The summed E-state index contributed by atoms with van der Waals surface area (Å²) in [4.78, 5) is 0. The average Bonchev–Trinajstić information content (AvgIpc) is 3.01. The van der Waals surface area contributed by atoms with Gasteiger partial charge in [0.1, 0.15) is 0 Å². The fourth-order valence-corrected chi connectivity index (χ4v) is 2.57. The number of benzene rings is 1. The van der Waals surface area contributed by atoms with Crippen LogP contribution in [0.2, 0.25) is 0 Å². The van der Waals surface area contributed by atoms with Gasteiger partial charge < -0.3 is 5.32 Å². The van der Waals surface area contributed by atoms with Crippen LogP contribution in [-0.2, 0) is 6.54 Å². The topological polar surface area (TPSA) is 29.9 Å². The summed E-state index contributed by atoms with van der Waals surface area (Å²) in [5, 5.41) is 8.04. The van der Waals surface area contributed by atoms with Crippen molar-refractivity contribution in [3.05, 3.63) is 48.3 Å². The van der Waals surface area contributed by atoms with Gasteiger partial charge in [-0.15, -0.1) is 0 Å². The molecule has 114 valence electrons. The van der Waals surface area contributed by atoms with E-state index in [0.29, 0.717) is 6.04 Å². The highest BCUT2D eigenvalue weighted by Crippen LogP contribution is 2.21. The van der Waals surface area contributed by atoms with Crippen molar-refractivity contribution in [2.24, 2.45) is 5.92 Å². The Morgan fingerprint density at radius 1 is 1.14 bits per heavy atom. The first-order chi connectivity index (χ1) is 10.2. The molecule has 2 unspecified atom stereocenters. The first kappa shape index (κ1) is 15.6. The fourth-order valence-electron chi connectivity index (χ4n) is 2.57. The van der Waals surface area contributed by atoms with E-state index in [1.165, 1.54) is 24.1 Å². The highest BCUT2D eigenvalue weighted by atomic mass is 15.3. The van der Waals surface area contributed by atoms with E-state index in [-0.39, 0.29) is 0 Å². The number of nitrogens with zero attached hydrogens (tertiary/aromatic N) is 2. The molecule has 0 bridgehead atoms. The van der Waals surface area contributed by atoms with Gasteiger partial charge in [-0.25, -0.2) is 0 Å². The summed E-state index contributed by atoms with van der Waals surface area (Å²) in [5.41, 5.74) is 2.53. The van der Waals surface area contributed by atoms with Gasteiger partial charge in [0.2, 0.25) is 0 Å². The zero-order valence-corrected chi connectivity index (χ0v) is 13.4. The molecule has 3 heteroatoms. The van der Waals surface area contributed by atoms with E-state index in [1.54, 1.807) is 0 Å². The van der Waals surface area contributed by atoms with Crippen molar-refractivity contribution in [1.82, 2.24) is 9.78 Å². The molecular weight excluding hydrogens is 258 g/mol. The highest BCUT2D eigenvalue weighted by molar-refractivity contribution is 5.51. The van der Waals surface area contributed by atoms with Gasteiger partial charge in [-0.3, -0.25) is 4.68 Å². The average molecular weight is 285 g/mol. The number of anilines is 1. The molecule has 0 saturated carbocycles. The van der Waals surface area contributed by atoms with Crippen molar-refractivity contribution in [3.63, 3.8) is 0 Å². The predicted octanol–water partition coefficient (Wildman–Crippen LogP) is 4.56. The lowest BCUT2D eigenvalue weighted by atomic mass is 9.97. The quantitative estimate of drug-likeness (QED) is 0.770. The summed E-state index contributed by atoms with van der Waals surface area (Å²) in [5.74, 6) is 0.765. The van der Waals surface area contributed by atoms with Gasteiger partial charge >= 0.3 is 0 Å². The monoisotopic (exact) mass is 285 g/mol. The van der Waals surface area contributed by atoms with Gasteiger partial charge in [0, 0.05) is 24.1 Å². The SMILES string of the molecule is CCC(C)CC(CC)Nc1ccccc1Cn1cccn1. The summed E-state index contributed by atoms with van der Waals surface area (Å²) in [6.45, 7) is 7.68. The lowest BCUT2D eigenvalue weighted by Crippen LogP contribution is -2.22. The molecule has 1 aromatic heterocycles. The number of rotatable bonds is 8. The number of aromatic nitrogens is 2. The Labute approximate surface area is 128 Å². The van der Waals surface area contributed by atoms with E-state index in [9.17, 15) is 0 Å². The minimum absolute atomic E-state index is 0.540. The zero-order chi connectivity index (χ0) is 15.1. The maximum Gasteiger partial charge on any atom is 0.0679 e. The molecule has 3 nitrogen and oxygen atoms in total. The lowest BCUT2D eigenvalue weighted by molar-refractivity contribution is 0.461. The van der Waals surface area contributed by atoms with E-state index >= 15 is 0 Å². The molecular formula is C18H27N3. The second-order valence-corrected chi connectivity index (χ2v) is 5.86. The maximum atomic E-state index is 4.30. The second-order valence-electron chi connectivity index (χ2n) is 5.86. The highest BCUT2D eigenvalue weighted by Gasteiger charge is 2.12. The molecule has 0 spiro atoms.